The predicted octanol–water partition coefficient (Wildman–Crippen LogP) is 5.84. The molecule has 0 radical (unpaired) electrons. The van der Waals surface area contributed by atoms with Crippen molar-refractivity contribution in [3.63, 3.8) is 0 Å². The standard InChI is InChI=1S/C28H46O6/c1-19(2)14-15-24-28(10,34-27(8,9)33-24)23(30)18-22(29)21(4)13-11-12-20(3)16-17-32-25(31)26(5,6)7/h13-14,16,22,24,29H,11-12,15,17-18H2,1-10H3/b20-16+,21-13+/t22-,24+,28-/m1/s1. The largest absolute Gasteiger partial charge is 0.461 e. The van der Waals surface area contributed by atoms with Gasteiger partial charge in [-0.3, -0.25) is 9.59 Å². The number of esters is 1. The Kier molecular flexibility index (Phi) is 10.9. The van der Waals surface area contributed by atoms with Crippen LogP contribution in [0.15, 0.2) is 34.9 Å². The van der Waals surface area contributed by atoms with Crippen LogP contribution in [0.1, 0.15) is 94.9 Å². The number of aliphatic hydroxyl groups excluding tert-OH is 1. The molecule has 0 aromatic carbocycles. The first kappa shape index (κ1) is 30.3. The molecule has 1 aliphatic rings. The number of Topliss-reactive ketones (excluding diaryl/α,β-unsaturated/α-hetero) is 1. The van der Waals surface area contributed by atoms with E-state index in [2.05, 4.69) is 0 Å². The fourth-order valence-electron chi connectivity index (χ4n) is 3.69. The van der Waals surface area contributed by atoms with Gasteiger partial charge in [-0.2, -0.15) is 0 Å². The Morgan fingerprint density at radius 1 is 1.06 bits per heavy atom. The van der Waals surface area contributed by atoms with Crippen LogP contribution in [0.4, 0.5) is 0 Å². The molecule has 0 aromatic heterocycles. The second kappa shape index (κ2) is 12.3. The Bertz CT molecular complexity index is 807. The monoisotopic (exact) mass is 478 g/mol. The number of carbonyl (C=O) groups excluding carboxylic acids is 2. The molecule has 3 atom stereocenters. The molecule has 1 aliphatic heterocycles. The van der Waals surface area contributed by atoms with Crippen LogP contribution in [0.5, 0.6) is 0 Å². The molecule has 0 unspecified atom stereocenters. The molecular formula is C28H46O6. The number of hydrogen-bond donors (Lipinski definition) is 1. The fourth-order valence-corrected chi connectivity index (χ4v) is 3.69. The number of rotatable bonds is 11. The van der Waals surface area contributed by atoms with Gasteiger partial charge in [-0.1, -0.05) is 23.3 Å². The normalized spacial score (nSPS) is 24.0. The molecule has 1 saturated heterocycles. The van der Waals surface area contributed by atoms with E-state index in [9.17, 15) is 14.7 Å². The molecule has 1 rings (SSSR count). The van der Waals surface area contributed by atoms with Crippen molar-refractivity contribution < 1.29 is 28.9 Å². The van der Waals surface area contributed by atoms with Gasteiger partial charge in [-0.25, -0.2) is 0 Å². The van der Waals surface area contributed by atoms with Gasteiger partial charge in [0.1, 0.15) is 12.7 Å². The van der Waals surface area contributed by atoms with E-state index in [1.807, 2.05) is 80.5 Å². The third-order valence-electron chi connectivity index (χ3n) is 5.96. The molecule has 6 heteroatoms. The van der Waals surface area contributed by atoms with Crippen LogP contribution >= 0.6 is 0 Å². The number of aliphatic hydroxyl groups is 1. The van der Waals surface area contributed by atoms with E-state index in [-0.39, 0.29) is 24.8 Å². The van der Waals surface area contributed by atoms with E-state index in [1.165, 1.54) is 0 Å². The van der Waals surface area contributed by atoms with Crippen molar-refractivity contribution in [1.29, 1.82) is 0 Å². The minimum absolute atomic E-state index is 0.0266. The van der Waals surface area contributed by atoms with E-state index in [1.54, 1.807) is 6.92 Å². The Morgan fingerprint density at radius 3 is 2.24 bits per heavy atom. The Morgan fingerprint density at radius 2 is 1.68 bits per heavy atom. The summed E-state index contributed by atoms with van der Waals surface area (Å²) in [5, 5.41) is 10.7. The zero-order valence-electron chi connectivity index (χ0n) is 22.9. The molecule has 0 aliphatic carbocycles. The van der Waals surface area contributed by atoms with Crippen molar-refractivity contribution in [3.8, 4) is 0 Å². The summed E-state index contributed by atoms with van der Waals surface area (Å²) in [4.78, 5) is 25.0. The molecule has 1 fully saturated rings. The van der Waals surface area contributed by atoms with Crippen LogP contribution in [0.2, 0.25) is 0 Å². The van der Waals surface area contributed by atoms with Crippen LogP contribution in [-0.2, 0) is 23.8 Å². The lowest BCUT2D eigenvalue weighted by Gasteiger charge is -2.28. The van der Waals surface area contributed by atoms with E-state index >= 15 is 0 Å². The molecule has 0 bridgehead atoms. The quantitative estimate of drug-likeness (QED) is 0.297. The van der Waals surface area contributed by atoms with Crippen LogP contribution in [0.25, 0.3) is 0 Å². The molecule has 6 nitrogen and oxygen atoms in total. The highest BCUT2D eigenvalue weighted by Gasteiger charge is 2.54. The van der Waals surface area contributed by atoms with E-state index in [4.69, 9.17) is 14.2 Å². The molecule has 0 spiro atoms. The van der Waals surface area contributed by atoms with Crippen LogP contribution in [0.3, 0.4) is 0 Å². The molecule has 0 amide bonds. The summed E-state index contributed by atoms with van der Waals surface area (Å²) in [5.74, 6) is -1.25. The lowest BCUT2D eigenvalue weighted by Crippen LogP contribution is -2.46. The van der Waals surface area contributed by atoms with Gasteiger partial charge < -0.3 is 19.3 Å². The maximum absolute atomic E-state index is 13.2. The van der Waals surface area contributed by atoms with Crippen molar-refractivity contribution in [3.05, 3.63) is 34.9 Å². The lowest BCUT2D eigenvalue weighted by atomic mass is 9.87. The average Bonchev–Trinajstić information content (AvgIpc) is 2.94. The average molecular weight is 479 g/mol. The first-order valence-corrected chi connectivity index (χ1v) is 12.2. The molecule has 34 heavy (non-hydrogen) atoms. The summed E-state index contributed by atoms with van der Waals surface area (Å²) in [6.45, 7) is 18.9. The summed E-state index contributed by atoms with van der Waals surface area (Å²) in [6, 6.07) is 0. The highest BCUT2D eigenvalue weighted by molar-refractivity contribution is 5.88. The van der Waals surface area contributed by atoms with Gasteiger partial charge >= 0.3 is 5.97 Å². The second-order valence-electron chi connectivity index (χ2n) is 11.3. The second-order valence-corrected chi connectivity index (χ2v) is 11.3. The van der Waals surface area contributed by atoms with Gasteiger partial charge in [0.15, 0.2) is 17.2 Å². The maximum Gasteiger partial charge on any atom is 0.311 e. The SMILES string of the molecule is CC(C)=CC[C@@H]1OC(C)(C)O[C@]1(C)C(=O)C[C@@H](O)/C(C)=C/CC/C(C)=C/COC(=O)C(C)(C)C. The maximum atomic E-state index is 13.2. The van der Waals surface area contributed by atoms with Gasteiger partial charge in [-0.15, -0.1) is 0 Å². The van der Waals surface area contributed by atoms with Crippen LogP contribution in [0, 0.1) is 5.41 Å². The number of hydrogen-bond acceptors (Lipinski definition) is 6. The van der Waals surface area contributed by atoms with Crippen LogP contribution in [-0.4, -0.2) is 47.1 Å². The van der Waals surface area contributed by atoms with Gasteiger partial charge in [-0.05, 0) is 100 Å². The molecule has 1 heterocycles. The number of allylic oxidation sites excluding steroid dienone is 3. The van der Waals surface area contributed by atoms with Crippen LogP contribution < -0.4 is 0 Å². The zero-order chi connectivity index (χ0) is 26.3. The molecule has 194 valence electrons. The fraction of sp³-hybridized carbons (Fsp3) is 0.714. The van der Waals surface area contributed by atoms with E-state index < -0.39 is 29.0 Å². The van der Waals surface area contributed by atoms with E-state index in [0.717, 1.165) is 29.6 Å². The van der Waals surface area contributed by atoms with E-state index in [0.29, 0.717) is 6.42 Å². The summed E-state index contributed by atoms with van der Waals surface area (Å²) < 4.78 is 17.3. The van der Waals surface area contributed by atoms with Gasteiger partial charge in [0.2, 0.25) is 0 Å². The first-order valence-electron chi connectivity index (χ1n) is 12.2. The van der Waals surface area contributed by atoms with Gasteiger partial charge in [0.05, 0.1) is 11.5 Å². The summed E-state index contributed by atoms with van der Waals surface area (Å²) >= 11 is 0. The topological polar surface area (TPSA) is 82.1 Å². The lowest BCUT2D eigenvalue weighted by molar-refractivity contribution is -0.170. The van der Waals surface area contributed by atoms with Crippen molar-refractivity contribution in [2.45, 2.75) is 119 Å². The third-order valence-corrected chi connectivity index (χ3v) is 5.96. The Labute approximate surface area is 206 Å². The third kappa shape index (κ3) is 9.47. The summed E-state index contributed by atoms with van der Waals surface area (Å²) in [7, 11) is 0. The van der Waals surface area contributed by atoms with Crippen molar-refractivity contribution >= 4 is 11.8 Å². The summed E-state index contributed by atoms with van der Waals surface area (Å²) in [5.41, 5.74) is 1.38. The number of carbonyl (C=O) groups is 2. The number of ketones is 1. The predicted molar refractivity (Wildman–Crippen MR) is 135 cm³/mol. The number of ether oxygens (including phenoxy) is 3. The van der Waals surface area contributed by atoms with Crippen molar-refractivity contribution in [2.24, 2.45) is 5.41 Å². The summed E-state index contributed by atoms with van der Waals surface area (Å²) in [6.07, 6.45) is 6.67. The molecule has 1 N–H and O–H groups in total. The van der Waals surface area contributed by atoms with Crippen molar-refractivity contribution in [2.75, 3.05) is 6.61 Å². The molecule has 0 aromatic rings. The van der Waals surface area contributed by atoms with Gasteiger partial charge in [0.25, 0.3) is 0 Å². The van der Waals surface area contributed by atoms with Gasteiger partial charge in [0, 0.05) is 6.42 Å². The Balaban J connectivity index is 2.66. The Hall–Kier alpha value is -1.76. The smallest absolute Gasteiger partial charge is 0.311 e. The van der Waals surface area contributed by atoms with Crippen molar-refractivity contribution in [1.82, 2.24) is 0 Å². The molecule has 0 saturated carbocycles. The minimum atomic E-state index is -1.11. The molecular weight excluding hydrogens is 432 g/mol. The zero-order valence-corrected chi connectivity index (χ0v) is 22.9. The highest BCUT2D eigenvalue weighted by atomic mass is 16.8. The highest BCUT2D eigenvalue weighted by Crippen LogP contribution is 2.40. The minimum Gasteiger partial charge on any atom is -0.461 e. The first-order chi connectivity index (χ1) is 15.5.